The van der Waals surface area contributed by atoms with E-state index in [1.54, 1.807) is 6.33 Å². The first kappa shape index (κ1) is 28.0. The molecule has 0 spiro atoms. The van der Waals surface area contributed by atoms with Crippen LogP contribution in [0, 0.1) is 5.92 Å². The van der Waals surface area contributed by atoms with Crippen molar-refractivity contribution < 1.29 is 4.74 Å². The molecule has 1 aliphatic heterocycles. The van der Waals surface area contributed by atoms with Gasteiger partial charge in [-0.15, -0.1) is 0 Å². The minimum atomic E-state index is 0.561. The van der Waals surface area contributed by atoms with E-state index in [1.807, 2.05) is 36.7 Å². The number of aromatic nitrogens is 4. The molecular weight excluding hydrogens is 546 g/mol. The van der Waals surface area contributed by atoms with Crippen LogP contribution in [-0.2, 0) is 6.42 Å². The first-order valence-electron chi connectivity index (χ1n) is 15.5. The topological polar surface area (TPSA) is 88.1 Å². The molecule has 3 aromatic heterocycles. The maximum Gasteiger partial charge on any atom is 0.137 e. The Morgan fingerprint density at radius 3 is 2.34 bits per heavy atom. The fraction of sp³-hybridized carbons (Fsp3) is 0.278. The lowest BCUT2D eigenvalue weighted by atomic mass is 9.98. The van der Waals surface area contributed by atoms with Crippen LogP contribution in [0.4, 0.5) is 11.5 Å². The molecule has 6 aromatic rings. The van der Waals surface area contributed by atoms with Crippen molar-refractivity contribution in [1.29, 1.82) is 0 Å². The SMILES string of the molecule is c1ccc2c(CCNc3ncnc4cc(OCC5CCN(CCNc6ccnc7ccccc67)CC5)ccc34)ccnc2c1. The molecule has 0 saturated carbocycles. The Morgan fingerprint density at radius 2 is 1.48 bits per heavy atom. The fourth-order valence-electron chi connectivity index (χ4n) is 6.15. The predicted octanol–water partition coefficient (Wildman–Crippen LogP) is 6.58. The van der Waals surface area contributed by atoms with Crippen LogP contribution in [0.3, 0.4) is 0 Å². The summed E-state index contributed by atoms with van der Waals surface area (Å²) in [4.78, 5) is 20.5. The number of pyridine rings is 2. The second-order valence-electron chi connectivity index (χ2n) is 11.5. The Bertz CT molecular complexity index is 1860. The van der Waals surface area contributed by atoms with Crippen molar-refractivity contribution in [2.75, 3.05) is 50.0 Å². The maximum atomic E-state index is 6.26. The first-order valence-corrected chi connectivity index (χ1v) is 15.5. The molecule has 7 rings (SSSR count). The van der Waals surface area contributed by atoms with E-state index in [2.05, 4.69) is 90.1 Å². The highest BCUT2D eigenvalue weighted by Crippen LogP contribution is 2.26. The summed E-state index contributed by atoms with van der Waals surface area (Å²) in [5.74, 6) is 2.27. The van der Waals surface area contributed by atoms with Crippen LogP contribution in [0.15, 0.2) is 97.6 Å². The van der Waals surface area contributed by atoms with Crippen molar-refractivity contribution in [3.63, 3.8) is 0 Å². The molecule has 1 aliphatic rings. The lowest BCUT2D eigenvalue weighted by Crippen LogP contribution is -2.38. The van der Waals surface area contributed by atoms with E-state index >= 15 is 0 Å². The molecule has 0 aliphatic carbocycles. The van der Waals surface area contributed by atoms with Gasteiger partial charge in [-0.1, -0.05) is 36.4 Å². The zero-order chi connectivity index (χ0) is 29.6. The number of para-hydroxylation sites is 2. The fourth-order valence-corrected chi connectivity index (χ4v) is 6.15. The minimum absolute atomic E-state index is 0.561. The van der Waals surface area contributed by atoms with Crippen LogP contribution in [0.25, 0.3) is 32.7 Å². The van der Waals surface area contributed by atoms with Crippen molar-refractivity contribution in [3.8, 4) is 5.75 Å². The molecule has 1 fully saturated rings. The largest absolute Gasteiger partial charge is 0.493 e. The van der Waals surface area contributed by atoms with E-state index in [1.165, 1.54) is 16.3 Å². The zero-order valence-corrected chi connectivity index (χ0v) is 24.8. The summed E-state index contributed by atoms with van der Waals surface area (Å²) >= 11 is 0. The summed E-state index contributed by atoms with van der Waals surface area (Å²) in [6.45, 7) is 5.66. The number of hydrogen-bond acceptors (Lipinski definition) is 8. The van der Waals surface area contributed by atoms with Crippen LogP contribution < -0.4 is 15.4 Å². The molecule has 44 heavy (non-hydrogen) atoms. The summed E-state index contributed by atoms with van der Waals surface area (Å²) in [5.41, 5.74) is 5.37. The van der Waals surface area contributed by atoms with E-state index in [0.717, 1.165) is 97.8 Å². The molecule has 0 unspecified atom stereocenters. The molecule has 8 heteroatoms. The predicted molar refractivity (Wildman–Crippen MR) is 178 cm³/mol. The van der Waals surface area contributed by atoms with Gasteiger partial charge in [-0.2, -0.15) is 0 Å². The molecule has 3 aromatic carbocycles. The average Bonchev–Trinajstić information content (AvgIpc) is 3.08. The third-order valence-corrected chi connectivity index (χ3v) is 8.62. The number of fused-ring (bicyclic) bond motifs is 3. The quantitative estimate of drug-likeness (QED) is 0.177. The lowest BCUT2D eigenvalue weighted by molar-refractivity contribution is 0.145. The molecule has 0 bridgehead atoms. The van der Waals surface area contributed by atoms with Gasteiger partial charge in [0.25, 0.3) is 0 Å². The standard InChI is InChI=1S/C36H37N7O/c1-3-7-32-29(5-1)27(11-16-37-32)12-17-40-36-31-10-9-28(23-35(31)41-25-42-36)44-24-26-14-20-43(21-15-26)22-19-39-34-13-18-38-33-8-4-2-6-30(33)34/h1-11,13,16,18,23,25-26H,12,14-15,17,19-22,24H2,(H,38,39)(H,40,41,42). The Kier molecular flexibility index (Phi) is 8.41. The van der Waals surface area contributed by atoms with Gasteiger partial charge in [-0.05, 0) is 80.2 Å². The monoisotopic (exact) mass is 583 g/mol. The highest BCUT2D eigenvalue weighted by molar-refractivity contribution is 5.91. The van der Waals surface area contributed by atoms with E-state index in [-0.39, 0.29) is 0 Å². The second kappa shape index (κ2) is 13.2. The van der Waals surface area contributed by atoms with Crippen molar-refractivity contribution in [2.24, 2.45) is 5.92 Å². The van der Waals surface area contributed by atoms with Crippen LogP contribution in [0.5, 0.6) is 5.75 Å². The number of ether oxygens (including phenoxy) is 1. The molecule has 2 N–H and O–H groups in total. The van der Waals surface area contributed by atoms with Gasteiger partial charge < -0.3 is 20.3 Å². The maximum absolute atomic E-state index is 6.26. The van der Waals surface area contributed by atoms with Gasteiger partial charge in [0.2, 0.25) is 0 Å². The summed E-state index contributed by atoms with van der Waals surface area (Å²) in [6.07, 6.45) is 8.56. The molecule has 8 nitrogen and oxygen atoms in total. The van der Waals surface area contributed by atoms with E-state index in [4.69, 9.17) is 4.74 Å². The number of likely N-dealkylation sites (tertiary alicyclic amines) is 1. The van der Waals surface area contributed by atoms with Gasteiger partial charge in [0.1, 0.15) is 17.9 Å². The Labute approximate surface area is 257 Å². The van der Waals surface area contributed by atoms with Crippen LogP contribution in [0.2, 0.25) is 0 Å². The van der Waals surface area contributed by atoms with Crippen molar-refractivity contribution in [3.05, 3.63) is 103 Å². The van der Waals surface area contributed by atoms with Crippen LogP contribution >= 0.6 is 0 Å². The van der Waals surface area contributed by atoms with Crippen molar-refractivity contribution in [2.45, 2.75) is 19.3 Å². The Hall–Kier alpha value is -4.82. The number of piperidine rings is 1. The van der Waals surface area contributed by atoms with Gasteiger partial charge in [-0.25, -0.2) is 9.97 Å². The highest BCUT2D eigenvalue weighted by atomic mass is 16.5. The van der Waals surface area contributed by atoms with Crippen LogP contribution in [-0.4, -0.2) is 64.2 Å². The highest BCUT2D eigenvalue weighted by Gasteiger charge is 2.20. The smallest absolute Gasteiger partial charge is 0.137 e. The third kappa shape index (κ3) is 6.40. The zero-order valence-electron chi connectivity index (χ0n) is 24.8. The summed E-state index contributed by atoms with van der Waals surface area (Å²) < 4.78 is 6.26. The van der Waals surface area contributed by atoms with Gasteiger partial charge in [0.05, 0.1) is 23.2 Å². The number of anilines is 2. The summed E-state index contributed by atoms with van der Waals surface area (Å²) in [6, 6.07) is 26.8. The minimum Gasteiger partial charge on any atom is -0.493 e. The molecule has 0 radical (unpaired) electrons. The normalized spacial score (nSPS) is 14.3. The van der Waals surface area contributed by atoms with E-state index < -0.39 is 0 Å². The molecule has 4 heterocycles. The number of benzene rings is 3. The second-order valence-corrected chi connectivity index (χ2v) is 11.5. The van der Waals surface area contributed by atoms with Crippen molar-refractivity contribution in [1.82, 2.24) is 24.8 Å². The summed E-state index contributed by atoms with van der Waals surface area (Å²) in [7, 11) is 0. The van der Waals surface area contributed by atoms with Gasteiger partial charge >= 0.3 is 0 Å². The third-order valence-electron chi connectivity index (χ3n) is 8.62. The first-order chi connectivity index (χ1) is 21.8. The van der Waals surface area contributed by atoms with E-state index in [0.29, 0.717) is 5.92 Å². The molecular formula is C36H37N7O. The lowest BCUT2D eigenvalue weighted by Gasteiger charge is -2.32. The number of rotatable bonds is 11. The Morgan fingerprint density at radius 1 is 0.705 bits per heavy atom. The number of nitrogens with zero attached hydrogens (tertiary/aromatic N) is 5. The number of hydrogen-bond donors (Lipinski definition) is 2. The average molecular weight is 584 g/mol. The molecule has 0 atom stereocenters. The van der Waals surface area contributed by atoms with Crippen molar-refractivity contribution >= 4 is 44.2 Å². The molecule has 1 saturated heterocycles. The van der Waals surface area contributed by atoms with Gasteiger partial charge in [0.15, 0.2) is 0 Å². The van der Waals surface area contributed by atoms with Gasteiger partial charge in [0, 0.05) is 59.9 Å². The molecule has 0 amide bonds. The summed E-state index contributed by atoms with van der Waals surface area (Å²) in [5, 5.41) is 10.5. The van der Waals surface area contributed by atoms with Crippen LogP contribution in [0.1, 0.15) is 18.4 Å². The Balaban J connectivity index is 0.875. The molecule has 222 valence electrons. The van der Waals surface area contributed by atoms with Gasteiger partial charge in [-0.3, -0.25) is 9.97 Å². The number of nitrogens with one attached hydrogen (secondary N) is 2. The van der Waals surface area contributed by atoms with E-state index in [9.17, 15) is 0 Å².